The average molecular weight is 285 g/mol. The fraction of sp³-hybridized carbons (Fsp3) is 0.526. The summed E-state index contributed by atoms with van der Waals surface area (Å²) >= 11 is 0. The van der Waals surface area contributed by atoms with Gasteiger partial charge >= 0.3 is 0 Å². The molecule has 1 aromatic rings. The van der Waals surface area contributed by atoms with Crippen LogP contribution < -0.4 is 5.32 Å². The molecular weight excluding hydrogens is 258 g/mol. The molecule has 0 aromatic heterocycles. The van der Waals surface area contributed by atoms with Crippen LogP contribution in [0.15, 0.2) is 24.3 Å². The van der Waals surface area contributed by atoms with Crippen molar-refractivity contribution in [2.45, 2.75) is 53.4 Å². The van der Waals surface area contributed by atoms with Crippen LogP contribution in [0.2, 0.25) is 0 Å². The van der Waals surface area contributed by atoms with E-state index in [0.717, 1.165) is 31.4 Å². The molecule has 1 aliphatic rings. The van der Waals surface area contributed by atoms with E-state index in [1.807, 2.05) is 6.07 Å². The van der Waals surface area contributed by atoms with Gasteiger partial charge < -0.3 is 5.32 Å². The molecule has 21 heavy (non-hydrogen) atoms. The average Bonchev–Trinajstić information content (AvgIpc) is 3.31. The van der Waals surface area contributed by atoms with Crippen LogP contribution in [0.4, 0.5) is 5.69 Å². The lowest BCUT2D eigenvalue weighted by Crippen LogP contribution is -2.13. The number of carbonyl (C=O) groups excluding carboxylic acids is 1. The molecule has 1 amide bonds. The summed E-state index contributed by atoms with van der Waals surface area (Å²) in [5, 5.41) is 3.05. The topological polar surface area (TPSA) is 29.1 Å². The number of rotatable bonds is 6. The van der Waals surface area contributed by atoms with Crippen molar-refractivity contribution < 1.29 is 4.79 Å². The van der Waals surface area contributed by atoms with Crippen LogP contribution in [-0.4, -0.2) is 5.91 Å². The van der Waals surface area contributed by atoms with Crippen LogP contribution in [0.5, 0.6) is 0 Å². The molecular formula is C19H27NO. The molecule has 1 saturated carbocycles. The normalized spacial score (nSPS) is 16.7. The molecule has 1 atom stereocenters. The second-order valence-electron chi connectivity index (χ2n) is 6.22. The van der Waals surface area contributed by atoms with E-state index in [1.54, 1.807) is 0 Å². The van der Waals surface area contributed by atoms with E-state index >= 15 is 0 Å². The predicted molar refractivity (Wildman–Crippen MR) is 90.3 cm³/mol. The van der Waals surface area contributed by atoms with Gasteiger partial charge in [0.15, 0.2) is 0 Å². The van der Waals surface area contributed by atoms with Crippen LogP contribution in [0.3, 0.4) is 0 Å². The zero-order chi connectivity index (χ0) is 15.4. The van der Waals surface area contributed by atoms with Crippen LogP contribution in [0, 0.1) is 18.8 Å². The lowest BCUT2D eigenvalue weighted by Gasteiger charge is -2.14. The highest BCUT2D eigenvalue weighted by molar-refractivity contribution is 5.94. The number of hydrogen-bond acceptors (Lipinski definition) is 1. The van der Waals surface area contributed by atoms with Gasteiger partial charge in [0.1, 0.15) is 0 Å². The van der Waals surface area contributed by atoms with Crippen molar-refractivity contribution in [3.63, 3.8) is 0 Å². The van der Waals surface area contributed by atoms with Crippen molar-refractivity contribution in [1.82, 2.24) is 0 Å². The molecule has 0 spiro atoms. The summed E-state index contributed by atoms with van der Waals surface area (Å²) in [7, 11) is 0. The zero-order valence-electron chi connectivity index (χ0n) is 13.7. The fourth-order valence-corrected chi connectivity index (χ4v) is 2.49. The van der Waals surface area contributed by atoms with Gasteiger partial charge in [0.2, 0.25) is 5.91 Å². The highest BCUT2D eigenvalue weighted by atomic mass is 16.2. The van der Waals surface area contributed by atoms with E-state index in [2.05, 4.69) is 51.2 Å². The molecule has 0 aliphatic heterocycles. The summed E-state index contributed by atoms with van der Waals surface area (Å²) in [4.78, 5) is 11.9. The van der Waals surface area contributed by atoms with Crippen molar-refractivity contribution in [3.8, 4) is 0 Å². The van der Waals surface area contributed by atoms with Gasteiger partial charge in [-0.1, -0.05) is 39.3 Å². The number of allylic oxidation sites excluding steroid dienone is 2. The SMILES string of the molecule is CC/C(=C/C(C)CC)c1cc(NC(=O)C2CC2)ccc1C. The van der Waals surface area contributed by atoms with E-state index < -0.39 is 0 Å². The van der Waals surface area contributed by atoms with Crippen LogP contribution >= 0.6 is 0 Å². The summed E-state index contributed by atoms with van der Waals surface area (Å²) in [5.41, 5.74) is 4.85. The van der Waals surface area contributed by atoms with Crippen molar-refractivity contribution >= 4 is 17.2 Å². The third kappa shape index (κ3) is 4.20. The Balaban J connectivity index is 2.24. The Labute approximate surface area is 128 Å². The summed E-state index contributed by atoms with van der Waals surface area (Å²) in [5.74, 6) is 1.01. The fourth-order valence-electron chi connectivity index (χ4n) is 2.49. The quantitative estimate of drug-likeness (QED) is 0.766. The molecule has 2 nitrogen and oxygen atoms in total. The van der Waals surface area contributed by atoms with Crippen molar-refractivity contribution in [2.75, 3.05) is 5.32 Å². The van der Waals surface area contributed by atoms with E-state index in [0.29, 0.717) is 5.92 Å². The smallest absolute Gasteiger partial charge is 0.227 e. The van der Waals surface area contributed by atoms with Gasteiger partial charge in [-0.2, -0.15) is 0 Å². The monoisotopic (exact) mass is 285 g/mol. The number of benzene rings is 1. The summed E-state index contributed by atoms with van der Waals surface area (Å²) in [6.07, 6.45) is 6.62. The van der Waals surface area contributed by atoms with E-state index in [9.17, 15) is 4.79 Å². The second-order valence-corrected chi connectivity index (χ2v) is 6.22. The molecule has 0 radical (unpaired) electrons. The minimum Gasteiger partial charge on any atom is -0.326 e. The van der Waals surface area contributed by atoms with Crippen molar-refractivity contribution in [1.29, 1.82) is 0 Å². The Hall–Kier alpha value is -1.57. The Morgan fingerprint density at radius 2 is 2.10 bits per heavy atom. The van der Waals surface area contributed by atoms with Gasteiger partial charge in [0.25, 0.3) is 0 Å². The van der Waals surface area contributed by atoms with Crippen molar-refractivity contribution in [2.24, 2.45) is 11.8 Å². The third-order valence-electron chi connectivity index (χ3n) is 4.31. The molecule has 1 fully saturated rings. The molecule has 0 bridgehead atoms. The highest BCUT2D eigenvalue weighted by Gasteiger charge is 2.29. The summed E-state index contributed by atoms with van der Waals surface area (Å²) in [6.45, 7) is 8.81. The first kappa shape index (κ1) is 15.8. The maximum atomic E-state index is 11.9. The van der Waals surface area contributed by atoms with Gasteiger partial charge in [-0.15, -0.1) is 0 Å². The zero-order valence-corrected chi connectivity index (χ0v) is 13.7. The van der Waals surface area contributed by atoms with Crippen molar-refractivity contribution in [3.05, 3.63) is 35.4 Å². The Kier molecular flexibility index (Phi) is 5.22. The van der Waals surface area contributed by atoms with Gasteiger partial charge in [0.05, 0.1) is 0 Å². The first-order valence-corrected chi connectivity index (χ1v) is 8.17. The molecule has 0 heterocycles. The van der Waals surface area contributed by atoms with E-state index in [-0.39, 0.29) is 11.8 Å². The minimum absolute atomic E-state index is 0.175. The van der Waals surface area contributed by atoms with Gasteiger partial charge in [-0.25, -0.2) is 0 Å². The summed E-state index contributed by atoms with van der Waals surface area (Å²) < 4.78 is 0. The van der Waals surface area contributed by atoms with E-state index in [4.69, 9.17) is 0 Å². The highest BCUT2D eigenvalue weighted by Crippen LogP contribution is 2.31. The number of nitrogens with one attached hydrogen (secondary N) is 1. The van der Waals surface area contributed by atoms with E-state index in [1.165, 1.54) is 16.7 Å². The largest absolute Gasteiger partial charge is 0.326 e. The molecule has 1 aliphatic carbocycles. The maximum Gasteiger partial charge on any atom is 0.227 e. The first-order chi connectivity index (χ1) is 10.0. The van der Waals surface area contributed by atoms with Crippen LogP contribution in [0.25, 0.3) is 5.57 Å². The number of carbonyl (C=O) groups is 1. The number of anilines is 1. The van der Waals surface area contributed by atoms with Gasteiger partial charge in [-0.3, -0.25) is 4.79 Å². The molecule has 2 heteroatoms. The molecule has 1 unspecified atom stereocenters. The molecule has 1 aromatic carbocycles. The number of hydrogen-bond donors (Lipinski definition) is 1. The Bertz CT molecular complexity index is 540. The summed E-state index contributed by atoms with van der Waals surface area (Å²) in [6, 6.07) is 6.25. The lowest BCUT2D eigenvalue weighted by atomic mass is 9.94. The molecule has 0 saturated heterocycles. The van der Waals surface area contributed by atoms with Crippen LogP contribution in [-0.2, 0) is 4.79 Å². The first-order valence-electron chi connectivity index (χ1n) is 8.17. The van der Waals surface area contributed by atoms with Gasteiger partial charge in [0, 0.05) is 11.6 Å². The number of amides is 1. The Morgan fingerprint density at radius 1 is 1.38 bits per heavy atom. The number of aryl methyl sites for hydroxylation is 1. The maximum absolute atomic E-state index is 11.9. The minimum atomic E-state index is 0.175. The molecule has 114 valence electrons. The second kappa shape index (κ2) is 6.93. The van der Waals surface area contributed by atoms with Gasteiger partial charge in [-0.05, 0) is 60.9 Å². The standard InChI is InChI=1S/C19H27NO/c1-5-13(3)11-15(6-2)18-12-17(10-7-14(18)4)20-19(21)16-8-9-16/h7,10-13,16H,5-6,8-9H2,1-4H3,(H,20,21)/b15-11-. The third-order valence-corrected chi connectivity index (χ3v) is 4.31. The lowest BCUT2D eigenvalue weighted by molar-refractivity contribution is -0.117. The molecule has 1 N–H and O–H groups in total. The Morgan fingerprint density at radius 3 is 2.67 bits per heavy atom. The predicted octanol–water partition coefficient (Wildman–Crippen LogP) is 5.18. The molecule has 2 rings (SSSR count). The van der Waals surface area contributed by atoms with Crippen LogP contribution in [0.1, 0.15) is 57.6 Å².